The third-order valence-corrected chi connectivity index (χ3v) is 6.51. The van der Waals surface area contributed by atoms with Crippen molar-refractivity contribution in [2.45, 2.75) is 58.9 Å². The zero-order chi connectivity index (χ0) is 15.6. The van der Waals surface area contributed by atoms with Crippen LogP contribution in [0.1, 0.15) is 63.1 Å². The lowest BCUT2D eigenvalue weighted by Gasteiger charge is -2.25. The highest BCUT2D eigenvalue weighted by Gasteiger charge is 2.40. The van der Waals surface area contributed by atoms with Crippen LogP contribution in [0.25, 0.3) is 10.8 Å². The van der Waals surface area contributed by atoms with Crippen LogP contribution in [0.15, 0.2) is 24.3 Å². The van der Waals surface area contributed by atoms with Crippen molar-refractivity contribution in [2.75, 3.05) is 11.4 Å². The van der Waals surface area contributed by atoms with Crippen LogP contribution in [0, 0.1) is 5.92 Å². The number of hydrogen-bond acceptors (Lipinski definition) is 1. The number of hydrogen-bond donors (Lipinski definition) is 0. The van der Waals surface area contributed by atoms with Gasteiger partial charge in [-0.05, 0) is 54.2 Å². The van der Waals surface area contributed by atoms with Gasteiger partial charge in [0.25, 0.3) is 0 Å². The minimum atomic E-state index is 0.609. The summed E-state index contributed by atoms with van der Waals surface area (Å²) in [5, 5.41) is 2.99. The molecule has 0 saturated heterocycles. The summed E-state index contributed by atoms with van der Waals surface area (Å²) < 4.78 is 0. The van der Waals surface area contributed by atoms with Gasteiger partial charge in [0.05, 0.1) is 0 Å². The van der Waals surface area contributed by atoms with Gasteiger partial charge in [-0.1, -0.05) is 45.0 Å². The van der Waals surface area contributed by atoms with Gasteiger partial charge in [-0.15, -0.1) is 0 Å². The van der Waals surface area contributed by atoms with E-state index in [4.69, 9.17) is 0 Å². The fourth-order valence-electron chi connectivity index (χ4n) is 4.99. The fourth-order valence-corrected chi connectivity index (χ4v) is 4.99. The minimum Gasteiger partial charge on any atom is -0.368 e. The Morgan fingerprint density at radius 1 is 0.955 bits per heavy atom. The first-order valence-corrected chi connectivity index (χ1v) is 8.90. The molecule has 2 aromatic rings. The third kappa shape index (κ3) is 1.60. The maximum Gasteiger partial charge on any atom is 0.0487 e. The van der Waals surface area contributed by atoms with Crippen LogP contribution in [0.5, 0.6) is 0 Å². The molecule has 0 aromatic heterocycles. The van der Waals surface area contributed by atoms with Gasteiger partial charge in [-0.3, -0.25) is 0 Å². The van der Waals surface area contributed by atoms with E-state index < -0.39 is 0 Å². The number of benzene rings is 2. The summed E-state index contributed by atoms with van der Waals surface area (Å²) in [6.45, 7) is 13.1. The van der Waals surface area contributed by atoms with E-state index >= 15 is 0 Å². The van der Waals surface area contributed by atoms with Crippen LogP contribution in [0.2, 0.25) is 0 Å². The van der Waals surface area contributed by atoms with Crippen LogP contribution in [-0.2, 0) is 6.42 Å². The molecule has 2 aromatic carbocycles. The van der Waals surface area contributed by atoms with Gasteiger partial charge in [-0.2, -0.15) is 0 Å². The summed E-state index contributed by atoms with van der Waals surface area (Å²) >= 11 is 0. The molecule has 1 heterocycles. The highest BCUT2D eigenvalue weighted by atomic mass is 15.2. The van der Waals surface area contributed by atoms with Crippen molar-refractivity contribution >= 4 is 16.5 Å². The van der Waals surface area contributed by atoms with Crippen LogP contribution in [-0.4, -0.2) is 12.6 Å². The Morgan fingerprint density at radius 3 is 2.32 bits per heavy atom. The molecule has 1 nitrogen and oxygen atoms in total. The van der Waals surface area contributed by atoms with Crippen molar-refractivity contribution in [2.24, 2.45) is 5.92 Å². The first-order valence-electron chi connectivity index (χ1n) is 8.90. The zero-order valence-corrected chi connectivity index (χ0v) is 14.5. The highest BCUT2D eigenvalue weighted by Crippen LogP contribution is 2.54. The monoisotopic (exact) mass is 293 g/mol. The molecule has 4 rings (SSSR count). The SMILES string of the molecule is CCN1c2c(c3c(c4ccccc24)C[C@H](C)[C@@H]3C)[C@H](C)[C@@H]1C. The van der Waals surface area contributed by atoms with Crippen LogP contribution < -0.4 is 4.90 Å². The van der Waals surface area contributed by atoms with Gasteiger partial charge in [0, 0.05) is 29.6 Å². The minimum absolute atomic E-state index is 0.609. The van der Waals surface area contributed by atoms with Gasteiger partial charge in [-0.25, -0.2) is 0 Å². The summed E-state index contributed by atoms with van der Waals surface area (Å²) in [5.74, 6) is 2.10. The van der Waals surface area contributed by atoms with Gasteiger partial charge in [0.2, 0.25) is 0 Å². The van der Waals surface area contributed by atoms with Crippen LogP contribution >= 0.6 is 0 Å². The standard InChI is InChI=1S/C21H27N/c1-6-22-15(5)14(4)20-19-13(3)12(2)11-18(19)16-9-7-8-10-17(16)21(20)22/h7-10,12-15H,6,11H2,1-5H3/t12-,13-,14+,15-/m0/s1. The lowest BCUT2D eigenvalue weighted by Crippen LogP contribution is -2.30. The van der Waals surface area contributed by atoms with Gasteiger partial charge >= 0.3 is 0 Å². The Kier molecular flexibility index (Phi) is 3.04. The van der Waals surface area contributed by atoms with Gasteiger partial charge in [0.15, 0.2) is 0 Å². The molecule has 0 bridgehead atoms. The zero-order valence-electron chi connectivity index (χ0n) is 14.5. The molecule has 0 amide bonds. The van der Waals surface area contributed by atoms with E-state index in [1.54, 1.807) is 16.7 Å². The normalized spacial score (nSPS) is 30.0. The number of fused-ring (bicyclic) bond motifs is 6. The maximum atomic E-state index is 2.64. The Morgan fingerprint density at radius 2 is 1.64 bits per heavy atom. The second-order valence-corrected chi connectivity index (χ2v) is 7.49. The molecular weight excluding hydrogens is 266 g/mol. The van der Waals surface area contributed by atoms with E-state index in [2.05, 4.69) is 63.8 Å². The lowest BCUT2D eigenvalue weighted by molar-refractivity contribution is 0.526. The summed E-state index contributed by atoms with van der Waals surface area (Å²) in [4.78, 5) is 2.64. The Balaban J connectivity index is 2.15. The predicted octanol–water partition coefficient (Wildman–Crippen LogP) is 5.47. The Labute approximate surface area is 134 Å². The average Bonchev–Trinajstić information content (AvgIpc) is 2.96. The molecule has 0 unspecified atom stereocenters. The second kappa shape index (κ2) is 4.75. The van der Waals surface area contributed by atoms with E-state index in [1.165, 1.54) is 22.9 Å². The van der Waals surface area contributed by atoms with Gasteiger partial charge < -0.3 is 4.90 Å². The Hall–Kier alpha value is -1.50. The van der Waals surface area contributed by atoms with E-state index in [9.17, 15) is 0 Å². The van der Waals surface area contributed by atoms with Crippen molar-refractivity contribution in [3.63, 3.8) is 0 Å². The van der Waals surface area contributed by atoms with E-state index in [0.29, 0.717) is 17.9 Å². The van der Waals surface area contributed by atoms with E-state index in [0.717, 1.165) is 12.5 Å². The number of likely N-dealkylation sites (N-methyl/N-ethyl adjacent to an activating group) is 1. The Bertz CT molecular complexity index is 745. The summed E-state index contributed by atoms with van der Waals surface area (Å²) in [5.41, 5.74) is 6.54. The van der Waals surface area contributed by atoms with Crippen molar-refractivity contribution in [1.82, 2.24) is 0 Å². The first kappa shape index (κ1) is 14.1. The third-order valence-electron chi connectivity index (χ3n) is 6.51. The topological polar surface area (TPSA) is 3.24 Å². The molecule has 1 aliphatic heterocycles. The molecule has 4 atom stereocenters. The highest BCUT2D eigenvalue weighted by molar-refractivity contribution is 6.01. The predicted molar refractivity (Wildman–Crippen MR) is 96.1 cm³/mol. The average molecular weight is 293 g/mol. The van der Waals surface area contributed by atoms with Crippen molar-refractivity contribution in [1.29, 1.82) is 0 Å². The second-order valence-electron chi connectivity index (χ2n) is 7.49. The quantitative estimate of drug-likeness (QED) is 0.674. The molecule has 0 spiro atoms. The molecule has 0 saturated carbocycles. The summed E-state index contributed by atoms with van der Waals surface area (Å²) in [6, 6.07) is 9.72. The molecule has 22 heavy (non-hydrogen) atoms. The van der Waals surface area contributed by atoms with E-state index in [1.807, 2.05) is 0 Å². The van der Waals surface area contributed by atoms with Crippen molar-refractivity contribution < 1.29 is 0 Å². The number of nitrogens with zero attached hydrogens (tertiary/aromatic N) is 1. The van der Waals surface area contributed by atoms with Crippen molar-refractivity contribution in [3.05, 3.63) is 41.0 Å². The van der Waals surface area contributed by atoms with Crippen molar-refractivity contribution in [3.8, 4) is 0 Å². The lowest BCUT2D eigenvalue weighted by atomic mass is 9.85. The molecule has 1 aliphatic carbocycles. The molecule has 116 valence electrons. The van der Waals surface area contributed by atoms with Crippen LogP contribution in [0.3, 0.4) is 0 Å². The fraction of sp³-hybridized carbons (Fsp3) is 0.524. The summed E-state index contributed by atoms with van der Waals surface area (Å²) in [6.07, 6.45) is 1.25. The largest absolute Gasteiger partial charge is 0.368 e. The maximum absolute atomic E-state index is 2.64. The molecule has 2 aliphatic rings. The molecule has 0 N–H and O–H groups in total. The smallest absolute Gasteiger partial charge is 0.0487 e. The molecule has 0 fully saturated rings. The first-order chi connectivity index (χ1) is 10.6. The number of rotatable bonds is 1. The van der Waals surface area contributed by atoms with Crippen LogP contribution in [0.4, 0.5) is 5.69 Å². The summed E-state index contributed by atoms with van der Waals surface area (Å²) in [7, 11) is 0. The number of anilines is 1. The van der Waals surface area contributed by atoms with E-state index in [-0.39, 0.29) is 0 Å². The molecule has 0 radical (unpaired) electrons. The van der Waals surface area contributed by atoms with Gasteiger partial charge in [0.1, 0.15) is 0 Å². The molecular formula is C21H27N. The molecule has 1 heteroatoms.